The lowest BCUT2D eigenvalue weighted by Crippen LogP contribution is -2.07. The third kappa shape index (κ3) is 5.13. The van der Waals surface area contributed by atoms with Gasteiger partial charge in [0, 0.05) is 28.6 Å². The smallest absolute Gasteiger partial charge is 0.250 e. The molecule has 0 atom stereocenters. The standard InChI is InChI=1S/C20H15ClN6OS/c21-16-6-1-15(2-7-16)11-18-12-22-20(29-18)24-19(28)10-5-14-3-8-17(9-4-14)27-13-23-25-26-27/h1-10,12-13H,11H2,(H,22,24,28)/b10-5+. The highest BCUT2D eigenvalue weighted by atomic mass is 35.5. The molecule has 7 nitrogen and oxygen atoms in total. The summed E-state index contributed by atoms with van der Waals surface area (Å²) in [5, 5.41) is 15.1. The van der Waals surface area contributed by atoms with Gasteiger partial charge < -0.3 is 0 Å². The highest BCUT2D eigenvalue weighted by Crippen LogP contribution is 2.22. The van der Waals surface area contributed by atoms with Gasteiger partial charge in [0.2, 0.25) is 5.91 Å². The third-order valence-corrected chi connectivity index (χ3v) is 5.17. The summed E-state index contributed by atoms with van der Waals surface area (Å²) >= 11 is 7.36. The minimum absolute atomic E-state index is 0.234. The normalized spacial score (nSPS) is 11.1. The number of tetrazole rings is 1. The first kappa shape index (κ1) is 19.0. The molecule has 144 valence electrons. The highest BCUT2D eigenvalue weighted by Gasteiger charge is 2.06. The zero-order chi connectivity index (χ0) is 20.1. The number of hydrogen-bond donors (Lipinski definition) is 1. The predicted molar refractivity (Wildman–Crippen MR) is 113 cm³/mol. The Balaban J connectivity index is 1.33. The molecule has 0 aliphatic rings. The van der Waals surface area contributed by atoms with Gasteiger partial charge in [-0.1, -0.05) is 35.9 Å². The number of halogens is 1. The number of aromatic nitrogens is 5. The van der Waals surface area contributed by atoms with Gasteiger partial charge in [0.15, 0.2) is 5.13 Å². The van der Waals surface area contributed by atoms with Crippen LogP contribution in [0.25, 0.3) is 11.8 Å². The van der Waals surface area contributed by atoms with Gasteiger partial charge in [0.05, 0.1) is 5.69 Å². The van der Waals surface area contributed by atoms with E-state index in [0.717, 1.165) is 28.1 Å². The minimum Gasteiger partial charge on any atom is -0.298 e. The van der Waals surface area contributed by atoms with Crippen LogP contribution in [-0.2, 0) is 11.2 Å². The van der Waals surface area contributed by atoms with E-state index in [1.54, 1.807) is 17.0 Å². The lowest BCUT2D eigenvalue weighted by Gasteiger charge is -2.00. The third-order valence-electron chi connectivity index (χ3n) is 4.01. The Hall–Kier alpha value is -3.36. The van der Waals surface area contributed by atoms with Crippen LogP contribution in [0.4, 0.5) is 5.13 Å². The number of anilines is 1. The summed E-state index contributed by atoms with van der Waals surface area (Å²) in [4.78, 5) is 17.5. The van der Waals surface area contributed by atoms with E-state index in [1.165, 1.54) is 23.7 Å². The number of benzene rings is 2. The summed E-state index contributed by atoms with van der Waals surface area (Å²) < 4.78 is 1.56. The van der Waals surface area contributed by atoms with Crippen molar-refractivity contribution in [2.24, 2.45) is 0 Å². The topological polar surface area (TPSA) is 85.6 Å². The molecule has 0 aliphatic carbocycles. The van der Waals surface area contributed by atoms with Crippen molar-refractivity contribution >= 4 is 40.1 Å². The van der Waals surface area contributed by atoms with Crippen molar-refractivity contribution in [2.45, 2.75) is 6.42 Å². The van der Waals surface area contributed by atoms with Gasteiger partial charge in [-0.25, -0.2) is 9.67 Å². The Morgan fingerprint density at radius 1 is 1.14 bits per heavy atom. The summed E-state index contributed by atoms with van der Waals surface area (Å²) in [5.41, 5.74) is 2.87. The average molecular weight is 423 g/mol. The lowest BCUT2D eigenvalue weighted by atomic mass is 10.1. The number of amides is 1. The molecule has 4 aromatic rings. The van der Waals surface area contributed by atoms with Crippen molar-refractivity contribution < 1.29 is 4.79 Å². The van der Waals surface area contributed by atoms with E-state index in [0.29, 0.717) is 10.2 Å². The van der Waals surface area contributed by atoms with Gasteiger partial charge in [0.25, 0.3) is 0 Å². The Kier molecular flexibility index (Phi) is 5.73. The van der Waals surface area contributed by atoms with E-state index >= 15 is 0 Å². The van der Waals surface area contributed by atoms with E-state index in [9.17, 15) is 4.79 Å². The molecule has 2 aromatic heterocycles. The lowest BCUT2D eigenvalue weighted by molar-refractivity contribution is -0.111. The molecule has 1 N–H and O–H groups in total. The summed E-state index contributed by atoms with van der Waals surface area (Å²) in [5.74, 6) is -0.234. The SMILES string of the molecule is O=C(/C=C/c1ccc(-n2cnnn2)cc1)Nc1ncc(Cc2ccc(Cl)cc2)s1. The summed E-state index contributed by atoms with van der Waals surface area (Å²) in [6, 6.07) is 15.2. The average Bonchev–Trinajstić information content (AvgIpc) is 3.41. The monoisotopic (exact) mass is 422 g/mol. The van der Waals surface area contributed by atoms with Gasteiger partial charge >= 0.3 is 0 Å². The quantitative estimate of drug-likeness (QED) is 0.474. The van der Waals surface area contributed by atoms with Crippen LogP contribution in [-0.4, -0.2) is 31.1 Å². The second-order valence-corrected chi connectivity index (χ2v) is 7.66. The van der Waals surface area contributed by atoms with Crippen LogP contribution in [0.2, 0.25) is 5.02 Å². The van der Waals surface area contributed by atoms with Gasteiger partial charge in [-0.05, 0) is 51.9 Å². The fourth-order valence-electron chi connectivity index (χ4n) is 2.59. The minimum atomic E-state index is -0.234. The first-order chi connectivity index (χ1) is 14.2. The number of carbonyl (C=O) groups excluding carboxylic acids is 1. The molecule has 0 aliphatic heterocycles. The van der Waals surface area contributed by atoms with Crippen LogP contribution in [0, 0.1) is 0 Å². The van der Waals surface area contributed by atoms with Gasteiger partial charge in [-0.3, -0.25) is 10.1 Å². The van der Waals surface area contributed by atoms with Crippen LogP contribution in [0.15, 0.2) is 67.1 Å². The van der Waals surface area contributed by atoms with Crippen LogP contribution in [0.3, 0.4) is 0 Å². The Labute approximate surface area is 175 Å². The fraction of sp³-hybridized carbons (Fsp3) is 0.0500. The summed E-state index contributed by atoms with van der Waals surface area (Å²) in [6.45, 7) is 0. The molecule has 0 saturated carbocycles. The maximum atomic E-state index is 12.2. The zero-order valence-corrected chi connectivity index (χ0v) is 16.6. The molecule has 0 spiro atoms. The summed E-state index contributed by atoms with van der Waals surface area (Å²) in [6.07, 6.45) is 7.26. The zero-order valence-electron chi connectivity index (χ0n) is 15.1. The van der Waals surface area contributed by atoms with Crippen molar-refractivity contribution in [3.8, 4) is 5.69 Å². The van der Waals surface area contributed by atoms with Crippen LogP contribution in [0.1, 0.15) is 16.0 Å². The van der Waals surface area contributed by atoms with E-state index in [1.807, 2.05) is 48.5 Å². The number of thiazole rings is 1. The summed E-state index contributed by atoms with van der Waals surface area (Å²) in [7, 11) is 0. The van der Waals surface area contributed by atoms with Crippen LogP contribution < -0.4 is 5.32 Å². The molecule has 4 rings (SSSR count). The molecule has 0 unspecified atom stereocenters. The molecule has 9 heteroatoms. The second kappa shape index (κ2) is 8.76. The number of hydrogen-bond acceptors (Lipinski definition) is 6. The molecular formula is C20H15ClN6OS. The largest absolute Gasteiger partial charge is 0.298 e. The second-order valence-electron chi connectivity index (χ2n) is 6.10. The van der Waals surface area contributed by atoms with Crippen molar-refractivity contribution in [3.63, 3.8) is 0 Å². The number of carbonyl (C=O) groups is 1. The number of nitrogens with one attached hydrogen (secondary N) is 1. The van der Waals surface area contributed by atoms with Crippen LogP contribution >= 0.6 is 22.9 Å². The first-order valence-electron chi connectivity index (χ1n) is 8.67. The Morgan fingerprint density at radius 3 is 2.66 bits per heavy atom. The van der Waals surface area contributed by atoms with Gasteiger partial charge in [-0.15, -0.1) is 16.4 Å². The Morgan fingerprint density at radius 2 is 1.93 bits per heavy atom. The van der Waals surface area contributed by atoms with E-state index in [4.69, 9.17) is 11.6 Å². The van der Waals surface area contributed by atoms with Crippen molar-refractivity contribution in [1.29, 1.82) is 0 Å². The molecule has 1 amide bonds. The molecule has 0 fully saturated rings. The molecule has 0 saturated heterocycles. The van der Waals surface area contributed by atoms with Gasteiger partial charge in [0.1, 0.15) is 6.33 Å². The predicted octanol–water partition coefficient (Wildman–Crippen LogP) is 4.01. The number of nitrogens with zero attached hydrogens (tertiary/aromatic N) is 5. The molecule has 0 bridgehead atoms. The van der Waals surface area contributed by atoms with Crippen LogP contribution in [0.5, 0.6) is 0 Å². The molecule has 0 radical (unpaired) electrons. The highest BCUT2D eigenvalue weighted by molar-refractivity contribution is 7.15. The van der Waals surface area contributed by atoms with Crippen molar-refractivity contribution in [1.82, 2.24) is 25.2 Å². The fourth-order valence-corrected chi connectivity index (χ4v) is 3.56. The molecule has 29 heavy (non-hydrogen) atoms. The van der Waals surface area contributed by atoms with Gasteiger partial charge in [-0.2, -0.15) is 0 Å². The number of rotatable bonds is 6. The van der Waals surface area contributed by atoms with E-state index in [2.05, 4.69) is 25.8 Å². The van der Waals surface area contributed by atoms with Crippen molar-refractivity contribution in [2.75, 3.05) is 5.32 Å². The van der Waals surface area contributed by atoms with E-state index in [-0.39, 0.29) is 5.91 Å². The molecular weight excluding hydrogens is 408 g/mol. The molecule has 2 heterocycles. The maximum absolute atomic E-state index is 12.2. The molecule has 2 aromatic carbocycles. The van der Waals surface area contributed by atoms with Crippen molar-refractivity contribution in [3.05, 3.63) is 88.2 Å². The first-order valence-corrected chi connectivity index (χ1v) is 9.87. The van der Waals surface area contributed by atoms with E-state index < -0.39 is 0 Å². The Bertz CT molecular complexity index is 1120. The maximum Gasteiger partial charge on any atom is 0.250 e.